The molecule has 34 heavy (non-hydrogen) atoms. The fourth-order valence-corrected chi connectivity index (χ4v) is 5.78. The van der Waals surface area contributed by atoms with Gasteiger partial charge in [0.05, 0.1) is 20.0 Å². The summed E-state index contributed by atoms with van der Waals surface area (Å²) in [5.74, 6) is 1.71. The minimum atomic E-state index is -3.69. The van der Waals surface area contributed by atoms with Crippen molar-refractivity contribution in [3.05, 3.63) is 88.8 Å². The molecule has 0 radical (unpaired) electrons. The average molecular weight is 494 g/mol. The molecule has 5 rings (SSSR count). The van der Waals surface area contributed by atoms with Gasteiger partial charge in [-0.1, -0.05) is 42.5 Å². The molecule has 0 saturated heterocycles. The van der Waals surface area contributed by atoms with Crippen LogP contribution in [-0.4, -0.2) is 22.6 Å². The van der Waals surface area contributed by atoms with Gasteiger partial charge in [0.15, 0.2) is 11.5 Å². The fourth-order valence-electron chi connectivity index (χ4n) is 4.38. The predicted molar refractivity (Wildman–Crippen MR) is 134 cm³/mol. The Morgan fingerprint density at radius 1 is 0.941 bits per heavy atom. The number of ether oxygens (including phenoxy) is 3. The van der Waals surface area contributed by atoms with Gasteiger partial charge < -0.3 is 14.2 Å². The lowest BCUT2D eigenvalue weighted by Crippen LogP contribution is -2.18. The van der Waals surface area contributed by atoms with Crippen LogP contribution in [0.1, 0.15) is 22.8 Å². The third kappa shape index (κ3) is 4.16. The Kier molecular flexibility index (Phi) is 5.81. The number of hydrogen-bond donors (Lipinski definition) is 1. The summed E-state index contributed by atoms with van der Waals surface area (Å²) in [6, 6.07) is 21.4. The summed E-state index contributed by atoms with van der Waals surface area (Å²) < 4.78 is 41.1. The zero-order chi connectivity index (χ0) is 23.9. The van der Waals surface area contributed by atoms with Crippen LogP contribution >= 0.6 is 11.3 Å². The maximum Gasteiger partial charge on any atom is 0.213 e. The third-order valence-corrected chi connectivity index (χ3v) is 7.44. The van der Waals surface area contributed by atoms with Crippen LogP contribution in [0.2, 0.25) is 0 Å². The van der Waals surface area contributed by atoms with Crippen LogP contribution in [0.25, 0.3) is 21.6 Å². The number of hydrogen-bond acceptors (Lipinski definition) is 6. The molecule has 0 aliphatic carbocycles. The Hall–Kier alpha value is -3.33. The second-order valence-corrected chi connectivity index (χ2v) is 10.6. The summed E-state index contributed by atoms with van der Waals surface area (Å²) in [6.45, 7) is 0. The van der Waals surface area contributed by atoms with Gasteiger partial charge in [-0.2, -0.15) is 0 Å². The SMILES string of the molecule is COc1ccc(C2Oc3cccc(-c4cccs4)c3-c3ccc(CS(N)(=O)=O)cc32)cc1OC. The van der Waals surface area contributed by atoms with E-state index in [0.717, 1.165) is 38.4 Å². The zero-order valence-electron chi connectivity index (χ0n) is 18.6. The Labute approximate surface area is 202 Å². The zero-order valence-corrected chi connectivity index (χ0v) is 20.3. The van der Waals surface area contributed by atoms with Gasteiger partial charge >= 0.3 is 0 Å². The molecule has 1 aromatic heterocycles. The lowest BCUT2D eigenvalue weighted by Gasteiger charge is -2.31. The van der Waals surface area contributed by atoms with Crippen LogP contribution in [-0.2, 0) is 15.8 Å². The van der Waals surface area contributed by atoms with E-state index in [2.05, 4.69) is 12.1 Å². The van der Waals surface area contributed by atoms with E-state index >= 15 is 0 Å². The second-order valence-electron chi connectivity index (χ2n) is 8.00. The van der Waals surface area contributed by atoms with Crippen LogP contribution < -0.4 is 19.3 Å². The van der Waals surface area contributed by atoms with Crippen molar-refractivity contribution in [2.45, 2.75) is 11.9 Å². The van der Waals surface area contributed by atoms with Crippen molar-refractivity contribution in [2.24, 2.45) is 5.14 Å². The quantitative estimate of drug-likeness (QED) is 0.390. The number of nitrogens with two attached hydrogens (primary N) is 1. The minimum absolute atomic E-state index is 0.252. The monoisotopic (exact) mass is 493 g/mol. The van der Waals surface area contributed by atoms with Gasteiger partial charge in [-0.3, -0.25) is 0 Å². The second kappa shape index (κ2) is 8.79. The van der Waals surface area contributed by atoms with Crippen molar-refractivity contribution >= 4 is 21.4 Å². The first-order valence-corrected chi connectivity index (χ1v) is 13.2. The van der Waals surface area contributed by atoms with Gasteiger partial charge in [0.1, 0.15) is 11.9 Å². The molecule has 174 valence electrons. The van der Waals surface area contributed by atoms with E-state index in [-0.39, 0.29) is 5.75 Å². The van der Waals surface area contributed by atoms with E-state index in [1.54, 1.807) is 25.6 Å². The molecule has 2 heterocycles. The molecule has 0 fully saturated rings. The smallest absolute Gasteiger partial charge is 0.213 e. The number of primary sulfonamides is 1. The highest BCUT2D eigenvalue weighted by atomic mass is 32.2. The molecule has 0 bridgehead atoms. The predicted octanol–water partition coefficient (Wildman–Crippen LogP) is 5.37. The molecule has 1 atom stereocenters. The van der Waals surface area contributed by atoms with Crippen LogP contribution in [0.5, 0.6) is 17.2 Å². The highest BCUT2D eigenvalue weighted by Gasteiger charge is 2.30. The number of benzene rings is 3. The van der Waals surface area contributed by atoms with Gasteiger partial charge in [0.25, 0.3) is 0 Å². The van der Waals surface area contributed by atoms with Crippen molar-refractivity contribution in [3.63, 3.8) is 0 Å². The lowest BCUT2D eigenvalue weighted by atomic mass is 9.86. The van der Waals surface area contributed by atoms with E-state index in [4.69, 9.17) is 19.3 Å². The van der Waals surface area contributed by atoms with Crippen LogP contribution in [0, 0.1) is 0 Å². The highest BCUT2D eigenvalue weighted by Crippen LogP contribution is 2.50. The van der Waals surface area contributed by atoms with Crippen molar-refractivity contribution in [1.82, 2.24) is 0 Å². The minimum Gasteiger partial charge on any atom is -0.493 e. The standard InChI is InChI=1S/C26H23NO5S2/c1-30-21-11-9-17(14-23(21)31-2)26-20-13-16(15-34(27,28)29)8-10-18(20)25-19(24-7-4-12-33-24)5-3-6-22(25)32-26/h3-14,26H,15H2,1-2H3,(H2,27,28,29). The van der Waals surface area contributed by atoms with E-state index < -0.39 is 16.1 Å². The van der Waals surface area contributed by atoms with Crippen molar-refractivity contribution in [3.8, 4) is 38.8 Å². The molecule has 0 amide bonds. The van der Waals surface area contributed by atoms with E-state index in [9.17, 15) is 8.42 Å². The molecular formula is C26H23NO5S2. The lowest BCUT2D eigenvalue weighted by molar-refractivity contribution is 0.242. The first-order valence-electron chi connectivity index (χ1n) is 10.6. The third-order valence-electron chi connectivity index (χ3n) is 5.80. The number of thiophene rings is 1. The molecule has 0 spiro atoms. The number of methoxy groups -OCH3 is 2. The van der Waals surface area contributed by atoms with E-state index in [1.165, 1.54) is 0 Å². The van der Waals surface area contributed by atoms with Gasteiger partial charge in [0.2, 0.25) is 10.0 Å². The van der Waals surface area contributed by atoms with Gasteiger partial charge in [-0.05, 0) is 40.8 Å². The molecule has 3 aromatic carbocycles. The Bertz CT molecular complexity index is 1460. The van der Waals surface area contributed by atoms with Crippen molar-refractivity contribution < 1.29 is 22.6 Å². The molecular weight excluding hydrogens is 470 g/mol. The summed E-state index contributed by atoms with van der Waals surface area (Å²) in [4.78, 5) is 1.13. The Morgan fingerprint density at radius 3 is 2.47 bits per heavy atom. The van der Waals surface area contributed by atoms with Crippen molar-refractivity contribution in [1.29, 1.82) is 0 Å². The molecule has 2 N–H and O–H groups in total. The number of fused-ring (bicyclic) bond motifs is 3. The van der Waals surface area contributed by atoms with E-state index in [0.29, 0.717) is 17.1 Å². The average Bonchev–Trinajstić information content (AvgIpc) is 3.36. The molecule has 4 aromatic rings. The molecule has 1 aliphatic rings. The molecule has 0 saturated carbocycles. The van der Waals surface area contributed by atoms with Gasteiger partial charge in [-0.25, -0.2) is 13.6 Å². The maximum atomic E-state index is 11.8. The first kappa shape index (κ1) is 22.5. The van der Waals surface area contributed by atoms with Crippen molar-refractivity contribution in [2.75, 3.05) is 14.2 Å². The summed E-state index contributed by atoms with van der Waals surface area (Å²) in [7, 11) is -0.509. The number of rotatable bonds is 6. The van der Waals surface area contributed by atoms with Gasteiger partial charge in [-0.15, -0.1) is 11.3 Å². The van der Waals surface area contributed by atoms with Crippen LogP contribution in [0.15, 0.2) is 72.1 Å². The summed E-state index contributed by atoms with van der Waals surface area (Å²) in [5.41, 5.74) is 5.37. The molecule has 1 aliphatic heterocycles. The van der Waals surface area contributed by atoms with Crippen LogP contribution in [0.4, 0.5) is 0 Å². The normalized spacial score (nSPS) is 14.6. The first-order chi connectivity index (χ1) is 16.4. The number of sulfonamides is 1. The Morgan fingerprint density at radius 2 is 1.76 bits per heavy atom. The van der Waals surface area contributed by atoms with Crippen LogP contribution in [0.3, 0.4) is 0 Å². The summed E-state index contributed by atoms with van der Waals surface area (Å²) in [5, 5.41) is 7.38. The van der Waals surface area contributed by atoms with E-state index in [1.807, 2.05) is 60.0 Å². The summed E-state index contributed by atoms with van der Waals surface area (Å²) >= 11 is 1.66. The fraction of sp³-hybridized carbons (Fsp3) is 0.154. The highest BCUT2D eigenvalue weighted by molar-refractivity contribution is 7.88. The van der Waals surface area contributed by atoms with Gasteiger partial charge in [0, 0.05) is 27.1 Å². The molecule has 6 nitrogen and oxygen atoms in total. The topological polar surface area (TPSA) is 87.9 Å². The largest absolute Gasteiger partial charge is 0.493 e. The maximum absolute atomic E-state index is 11.8. The molecule has 8 heteroatoms. The molecule has 1 unspecified atom stereocenters. The Balaban J connectivity index is 1.72. The summed E-state index contributed by atoms with van der Waals surface area (Å²) in [6.07, 6.45) is -0.471.